The van der Waals surface area contributed by atoms with Gasteiger partial charge >= 0.3 is 0 Å². The van der Waals surface area contributed by atoms with Crippen LogP contribution in [0.5, 0.6) is 0 Å². The van der Waals surface area contributed by atoms with E-state index in [9.17, 15) is 0 Å². The molecule has 17 rings (SSSR count). The van der Waals surface area contributed by atoms with Gasteiger partial charge < -0.3 is 31.2 Å². The Morgan fingerprint density at radius 2 is 0.385 bits per heavy atom. The Morgan fingerprint density at radius 1 is 0.208 bits per heavy atom. The van der Waals surface area contributed by atoms with Crippen LogP contribution in [0.4, 0.5) is 45.5 Å². The Balaban J connectivity index is 1.02. The highest BCUT2D eigenvalue weighted by Gasteiger charge is 2.30. The lowest BCUT2D eigenvalue weighted by Gasteiger charge is -2.11. The van der Waals surface area contributed by atoms with Gasteiger partial charge in [0.2, 0.25) is 0 Å². The summed E-state index contributed by atoms with van der Waals surface area (Å²) < 4.78 is 0. The second-order valence-electron chi connectivity index (χ2n) is 25.3. The summed E-state index contributed by atoms with van der Waals surface area (Å²) in [6.45, 7) is 8.46. The molecule has 8 bridgehead atoms. The van der Waals surface area contributed by atoms with Crippen LogP contribution in [0.15, 0.2) is 291 Å². The van der Waals surface area contributed by atoms with E-state index >= 15 is 0 Å². The van der Waals surface area contributed by atoms with Crippen molar-refractivity contribution in [3.63, 3.8) is 0 Å². The number of nitrogens with one attached hydrogen (secondary N) is 6. The lowest BCUT2D eigenvalue weighted by molar-refractivity contribution is 1.39. The summed E-state index contributed by atoms with van der Waals surface area (Å²) in [5.74, 6) is 0. The lowest BCUT2D eigenvalue weighted by atomic mass is 9.93. The predicted molar refractivity (Wildman–Crippen MR) is 404 cm³/mol. The molecule has 1 aliphatic carbocycles. The van der Waals surface area contributed by atoms with Crippen molar-refractivity contribution in [1.29, 1.82) is 0 Å². The minimum absolute atomic E-state index is 0.857. The van der Waals surface area contributed by atoms with Crippen LogP contribution < -0.4 is 21.3 Å². The van der Waals surface area contributed by atoms with Crippen molar-refractivity contribution in [2.45, 2.75) is 27.7 Å². The molecule has 0 spiro atoms. The minimum Gasteiger partial charge on any atom is -0.356 e. The Bertz CT molecular complexity index is 4970. The molecule has 0 fully saturated rings. The van der Waals surface area contributed by atoms with E-state index in [0.29, 0.717) is 0 Å². The van der Waals surface area contributed by atoms with Gasteiger partial charge in [-0.3, -0.25) is 0 Å². The third-order valence-corrected chi connectivity index (χ3v) is 18.8. The van der Waals surface area contributed by atoms with Crippen molar-refractivity contribution in [3.8, 4) is 89.5 Å². The molecule has 3 aliphatic rings. The maximum Gasteiger partial charge on any atom is 0.0816 e. The van der Waals surface area contributed by atoms with Crippen LogP contribution in [0.25, 0.3) is 133 Å². The van der Waals surface area contributed by atoms with Gasteiger partial charge in [-0.15, -0.1) is 0 Å². The molecule has 0 saturated heterocycles. The molecule has 96 heavy (non-hydrogen) atoms. The fourth-order valence-corrected chi connectivity index (χ4v) is 13.9. The van der Waals surface area contributed by atoms with Crippen LogP contribution in [0.1, 0.15) is 22.3 Å². The Labute approximate surface area is 557 Å². The Kier molecular flexibility index (Phi) is 14.3. The van der Waals surface area contributed by atoms with Gasteiger partial charge in [0.15, 0.2) is 0 Å². The highest BCUT2D eigenvalue weighted by Crippen LogP contribution is 2.52. The maximum atomic E-state index is 6.14. The molecular formula is C88H66N8. The smallest absolute Gasteiger partial charge is 0.0816 e. The summed E-state index contributed by atoms with van der Waals surface area (Å²) in [4.78, 5) is 20.8. The standard InChI is InChI=1S/C88H66N8/c1-53-21-37-61(38-22-53)89-65-45-29-57(30-46-65)77-81-69-13-5-7-15-71(69)83(93-81)78(58-31-47-66(48-32-58)90-62-39-23-54(2)24-40-62)85-73-17-9-11-19-75(73)87(95-85)80(60-35-51-68(52-36-60)92-64-43-27-56(4)28-44-64)88-76-20-12-10-18-74(76)86(96-88)79(84-72-16-8-6-14-70(72)82(77)94-84)59-33-49-67(50-34-59)91-63-41-25-55(3)26-42-63/h5-52,89-93,96H,1-4H3. The topological polar surface area (TPSA) is 105 Å². The molecular weight excluding hydrogens is 1170 g/mol. The summed E-state index contributed by atoms with van der Waals surface area (Å²) in [7, 11) is 0. The molecule has 0 radical (unpaired) electrons. The number of hydrogen-bond donors (Lipinski definition) is 6. The highest BCUT2D eigenvalue weighted by molar-refractivity contribution is 6.21. The number of rotatable bonds is 12. The zero-order valence-electron chi connectivity index (χ0n) is 53.6. The molecule has 2 aromatic heterocycles. The summed E-state index contributed by atoms with van der Waals surface area (Å²) >= 11 is 0. The van der Waals surface area contributed by atoms with Gasteiger partial charge in [0.05, 0.1) is 44.8 Å². The number of anilines is 8. The van der Waals surface area contributed by atoms with Crippen LogP contribution in [-0.4, -0.2) is 19.9 Å². The van der Waals surface area contributed by atoms with E-state index < -0.39 is 0 Å². The molecule has 0 unspecified atom stereocenters. The number of aromatic nitrogens is 4. The van der Waals surface area contributed by atoms with Crippen molar-refractivity contribution in [2.75, 3.05) is 21.3 Å². The number of nitrogens with zero attached hydrogens (tertiary/aromatic N) is 2. The lowest BCUT2D eigenvalue weighted by Crippen LogP contribution is -1.92. The van der Waals surface area contributed by atoms with E-state index in [1.807, 2.05) is 0 Å². The first-order chi connectivity index (χ1) is 47.2. The van der Waals surface area contributed by atoms with Crippen molar-refractivity contribution in [2.24, 2.45) is 0 Å². The van der Waals surface area contributed by atoms with Crippen molar-refractivity contribution in [3.05, 3.63) is 313 Å². The molecule has 6 N–H and O–H groups in total. The molecule has 2 aliphatic heterocycles. The van der Waals surface area contributed by atoms with Crippen LogP contribution in [-0.2, 0) is 0 Å². The third-order valence-electron chi connectivity index (χ3n) is 18.8. The van der Waals surface area contributed by atoms with E-state index in [4.69, 9.17) is 9.97 Å². The van der Waals surface area contributed by atoms with Gasteiger partial charge in [0.25, 0.3) is 0 Å². The molecule has 458 valence electrons. The van der Waals surface area contributed by atoms with Gasteiger partial charge in [0, 0.05) is 112 Å². The van der Waals surface area contributed by atoms with E-state index in [1.54, 1.807) is 0 Å². The molecule has 14 aromatic rings. The number of benzene rings is 12. The van der Waals surface area contributed by atoms with Crippen molar-refractivity contribution >= 4 is 89.1 Å². The van der Waals surface area contributed by atoms with E-state index in [-0.39, 0.29) is 0 Å². The normalized spacial score (nSPS) is 11.5. The average molecular weight is 1240 g/mol. The highest BCUT2D eigenvalue weighted by atomic mass is 14.9. The molecule has 0 amide bonds. The third kappa shape index (κ3) is 10.6. The largest absolute Gasteiger partial charge is 0.356 e. The summed E-state index contributed by atoms with van der Waals surface area (Å²) in [5, 5.41) is 19.0. The van der Waals surface area contributed by atoms with E-state index in [2.05, 4.69) is 350 Å². The minimum atomic E-state index is 0.857. The van der Waals surface area contributed by atoms with Gasteiger partial charge in [-0.2, -0.15) is 0 Å². The zero-order valence-corrected chi connectivity index (χ0v) is 53.6. The van der Waals surface area contributed by atoms with Gasteiger partial charge in [-0.25, -0.2) is 9.97 Å². The van der Waals surface area contributed by atoms with E-state index in [0.717, 1.165) is 179 Å². The first-order valence-corrected chi connectivity index (χ1v) is 32.8. The number of aromatic amines is 2. The monoisotopic (exact) mass is 1230 g/mol. The molecule has 0 saturated carbocycles. The predicted octanol–water partition coefficient (Wildman–Crippen LogP) is 24.2. The van der Waals surface area contributed by atoms with Crippen LogP contribution in [0.2, 0.25) is 0 Å². The fourth-order valence-electron chi connectivity index (χ4n) is 13.9. The van der Waals surface area contributed by atoms with Gasteiger partial charge in [0.1, 0.15) is 0 Å². The second kappa shape index (κ2) is 23.9. The van der Waals surface area contributed by atoms with Crippen LogP contribution in [0.3, 0.4) is 0 Å². The zero-order chi connectivity index (χ0) is 64.4. The van der Waals surface area contributed by atoms with Crippen LogP contribution in [0, 0.1) is 27.7 Å². The SMILES string of the molecule is Cc1ccc(Nc2ccc(-c3c4nc(c(-c5ccc(Nc6ccc(C)cc6)cc5)c5[nH]c(c(-c6ccc(Nc7ccc(C)cc7)cc6)c6nc(c(-c7ccc(Nc8ccc(C)cc8)cc7)c7[nH]c3c3ccccc73)-c3ccccc3-6)c3ccccc53)-c3ccccc3-4)cc2)cc1. The summed E-state index contributed by atoms with van der Waals surface area (Å²) in [6, 6.07) is 105. The van der Waals surface area contributed by atoms with Crippen molar-refractivity contribution in [1.82, 2.24) is 19.9 Å². The maximum absolute atomic E-state index is 6.14. The number of aryl methyl sites for hydroxylation is 4. The molecule has 4 heterocycles. The van der Waals surface area contributed by atoms with Gasteiger partial charge in [-0.05, 0) is 147 Å². The summed E-state index contributed by atoms with van der Waals surface area (Å²) in [6.07, 6.45) is 0. The van der Waals surface area contributed by atoms with E-state index in [1.165, 1.54) is 22.3 Å². The number of H-pyrrole nitrogens is 2. The second-order valence-corrected chi connectivity index (χ2v) is 25.3. The summed E-state index contributed by atoms with van der Waals surface area (Å²) in [5.41, 5.74) is 32.1. The first kappa shape index (κ1) is 57.4. The van der Waals surface area contributed by atoms with Crippen LogP contribution >= 0.6 is 0 Å². The molecule has 8 heteroatoms. The average Bonchev–Trinajstić information content (AvgIpc) is 1.56. The Morgan fingerprint density at radius 3 is 0.583 bits per heavy atom. The van der Waals surface area contributed by atoms with Crippen molar-refractivity contribution < 1.29 is 0 Å². The fraction of sp³-hybridized carbons (Fsp3) is 0.0455. The number of hydrogen-bond acceptors (Lipinski definition) is 6. The Hall–Kier alpha value is -12.5. The quantitative estimate of drug-likeness (QED) is 0.0728. The van der Waals surface area contributed by atoms with Gasteiger partial charge in [-0.1, -0.05) is 216 Å². The first-order valence-electron chi connectivity index (χ1n) is 32.8. The molecule has 12 aromatic carbocycles. The molecule has 0 atom stereocenters. The molecule has 8 nitrogen and oxygen atoms in total.